The molecule has 1 aromatic carbocycles. The topological polar surface area (TPSA) is 105 Å². The number of aryl methyl sites for hydroxylation is 2. The summed E-state index contributed by atoms with van der Waals surface area (Å²) in [6, 6.07) is 9.05. The van der Waals surface area contributed by atoms with Crippen molar-refractivity contribution in [2.45, 2.75) is 78.3 Å². The lowest BCUT2D eigenvalue weighted by Gasteiger charge is -2.46. The molecule has 3 aromatic rings. The van der Waals surface area contributed by atoms with E-state index in [1.807, 2.05) is 52.0 Å². The van der Waals surface area contributed by atoms with Crippen LogP contribution in [-0.4, -0.2) is 37.8 Å². The van der Waals surface area contributed by atoms with Crippen LogP contribution in [0.4, 0.5) is 5.69 Å². The SMILES string of the molecule is Cc1n[nH]c(C)c1-c1ccc(NC(=O)[C@@H](NC(=O)c2ccnn2C(C)C)C(C2CCC2)C2CCC2)cc1. The number of carbonyl (C=O) groups excluding carboxylic acids is 2. The third-order valence-electron chi connectivity index (χ3n) is 8.30. The van der Waals surface area contributed by atoms with Gasteiger partial charge in [-0.2, -0.15) is 10.2 Å². The van der Waals surface area contributed by atoms with Gasteiger partial charge in [0.15, 0.2) is 0 Å². The maximum absolute atomic E-state index is 13.8. The molecule has 8 nitrogen and oxygen atoms in total. The van der Waals surface area contributed by atoms with Crippen LogP contribution in [0, 0.1) is 31.6 Å². The van der Waals surface area contributed by atoms with Crippen molar-refractivity contribution in [2.24, 2.45) is 17.8 Å². The third-order valence-corrected chi connectivity index (χ3v) is 8.30. The quantitative estimate of drug-likeness (QED) is 0.363. The Kier molecular flexibility index (Phi) is 7.17. The number of H-pyrrole nitrogens is 1. The third kappa shape index (κ3) is 5.06. The molecule has 196 valence electrons. The number of rotatable bonds is 9. The molecule has 3 N–H and O–H groups in total. The number of carbonyl (C=O) groups is 2. The number of aromatic amines is 1. The van der Waals surface area contributed by atoms with Gasteiger partial charge in [0.1, 0.15) is 11.7 Å². The van der Waals surface area contributed by atoms with Crippen LogP contribution >= 0.6 is 0 Å². The molecular formula is C29H38N6O2. The molecule has 0 radical (unpaired) electrons. The molecule has 2 aliphatic carbocycles. The fourth-order valence-corrected chi connectivity index (χ4v) is 5.95. The Morgan fingerprint density at radius 3 is 2.16 bits per heavy atom. The summed E-state index contributed by atoms with van der Waals surface area (Å²) in [4.78, 5) is 27.3. The smallest absolute Gasteiger partial charge is 0.270 e. The second kappa shape index (κ2) is 10.5. The highest BCUT2D eigenvalue weighted by atomic mass is 16.2. The Hall–Kier alpha value is -3.42. The van der Waals surface area contributed by atoms with Gasteiger partial charge >= 0.3 is 0 Å². The standard InChI is InChI=1S/C29H38N6O2/c1-17(2)35-24(15-16-30-35)28(36)32-27(26(20-7-5-8-20)21-9-6-10-21)29(37)31-23-13-11-22(12-14-23)25-18(3)33-34-19(25)4/h11-17,20-21,26-27H,5-10H2,1-4H3,(H,31,37)(H,32,36)(H,33,34)/t27-/m0/s1. The molecular weight excluding hydrogens is 464 g/mol. The molecule has 0 saturated heterocycles. The predicted octanol–water partition coefficient (Wildman–Crippen LogP) is 5.42. The lowest BCUT2D eigenvalue weighted by Crippen LogP contribution is -2.54. The highest BCUT2D eigenvalue weighted by molar-refractivity contribution is 6.01. The van der Waals surface area contributed by atoms with E-state index in [4.69, 9.17) is 0 Å². The van der Waals surface area contributed by atoms with Gasteiger partial charge in [0.2, 0.25) is 5.91 Å². The molecule has 8 heteroatoms. The van der Waals surface area contributed by atoms with Crippen molar-refractivity contribution >= 4 is 17.5 Å². The van der Waals surface area contributed by atoms with Crippen molar-refractivity contribution in [3.8, 4) is 11.1 Å². The van der Waals surface area contributed by atoms with E-state index in [2.05, 4.69) is 25.9 Å². The normalized spacial score (nSPS) is 16.9. The molecule has 1 atom stereocenters. The van der Waals surface area contributed by atoms with Gasteiger partial charge in [-0.25, -0.2) is 0 Å². The zero-order valence-electron chi connectivity index (χ0n) is 22.3. The van der Waals surface area contributed by atoms with E-state index >= 15 is 0 Å². The number of nitrogens with zero attached hydrogens (tertiary/aromatic N) is 3. The number of hydrogen-bond acceptors (Lipinski definition) is 4. The van der Waals surface area contributed by atoms with Gasteiger partial charge in [0.25, 0.3) is 5.91 Å². The Morgan fingerprint density at radius 1 is 1.00 bits per heavy atom. The molecule has 2 saturated carbocycles. The Labute approximate surface area is 218 Å². The number of hydrogen-bond donors (Lipinski definition) is 3. The molecule has 5 rings (SSSR count). The van der Waals surface area contributed by atoms with Gasteiger partial charge in [-0.15, -0.1) is 0 Å². The van der Waals surface area contributed by atoms with E-state index in [9.17, 15) is 9.59 Å². The van der Waals surface area contributed by atoms with Gasteiger partial charge in [0, 0.05) is 29.2 Å². The average molecular weight is 503 g/mol. The summed E-state index contributed by atoms with van der Waals surface area (Å²) in [7, 11) is 0. The largest absolute Gasteiger partial charge is 0.339 e. The summed E-state index contributed by atoms with van der Waals surface area (Å²) in [6.45, 7) is 7.98. The summed E-state index contributed by atoms with van der Waals surface area (Å²) in [5, 5.41) is 17.9. The first-order chi connectivity index (χ1) is 17.8. The van der Waals surface area contributed by atoms with Crippen molar-refractivity contribution in [2.75, 3.05) is 5.32 Å². The highest BCUT2D eigenvalue weighted by Gasteiger charge is 2.44. The second-order valence-corrected chi connectivity index (χ2v) is 11.0. The first-order valence-electron chi connectivity index (χ1n) is 13.6. The lowest BCUT2D eigenvalue weighted by atomic mass is 9.62. The molecule has 0 bridgehead atoms. The Bertz CT molecular complexity index is 1220. The first-order valence-corrected chi connectivity index (χ1v) is 13.6. The minimum Gasteiger partial charge on any atom is -0.339 e. The summed E-state index contributed by atoms with van der Waals surface area (Å²) in [5.74, 6) is 0.723. The summed E-state index contributed by atoms with van der Waals surface area (Å²) < 4.78 is 1.71. The second-order valence-electron chi connectivity index (χ2n) is 11.0. The van der Waals surface area contributed by atoms with Crippen molar-refractivity contribution < 1.29 is 9.59 Å². The summed E-state index contributed by atoms with van der Waals surface area (Å²) in [5.41, 5.74) is 5.31. The Balaban J connectivity index is 1.39. The van der Waals surface area contributed by atoms with Crippen LogP contribution in [0.1, 0.15) is 80.3 Å². The maximum atomic E-state index is 13.8. The molecule has 2 fully saturated rings. The average Bonchev–Trinajstić information content (AvgIpc) is 3.42. The monoisotopic (exact) mass is 502 g/mol. The number of anilines is 1. The van der Waals surface area contributed by atoms with E-state index in [1.165, 1.54) is 12.8 Å². The van der Waals surface area contributed by atoms with Crippen molar-refractivity contribution in [1.82, 2.24) is 25.3 Å². The van der Waals surface area contributed by atoms with Gasteiger partial charge in [0.05, 0.1) is 5.69 Å². The summed E-state index contributed by atoms with van der Waals surface area (Å²) >= 11 is 0. The van der Waals surface area contributed by atoms with E-state index < -0.39 is 6.04 Å². The van der Waals surface area contributed by atoms with Crippen LogP contribution in [0.3, 0.4) is 0 Å². The molecule has 2 aromatic heterocycles. The van der Waals surface area contributed by atoms with Gasteiger partial charge < -0.3 is 10.6 Å². The zero-order valence-corrected chi connectivity index (χ0v) is 22.3. The fourth-order valence-electron chi connectivity index (χ4n) is 5.95. The van der Waals surface area contributed by atoms with E-state index in [-0.39, 0.29) is 23.8 Å². The van der Waals surface area contributed by atoms with Crippen LogP contribution in [-0.2, 0) is 4.79 Å². The van der Waals surface area contributed by atoms with Gasteiger partial charge in [-0.3, -0.25) is 19.4 Å². The van der Waals surface area contributed by atoms with Crippen LogP contribution in [0.15, 0.2) is 36.5 Å². The van der Waals surface area contributed by atoms with Crippen molar-refractivity contribution in [1.29, 1.82) is 0 Å². The van der Waals surface area contributed by atoms with E-state index in [0.29, 0.717) is 17.5 Å². The predicted molar refractivity (Wildman–Crippen MR) is 144 cm³/mol. The lowest BCUT2D eigenvalue weighted by molar-refractivity contribution is -0.121. The first kappa shape index (κ1) is 25.2. The van der Waals surface area contributed by atoms with E-state index in [1.54, 1.807) is 16.9 Å². The Morgan fingerprint density at radius 2 is 1.65 bits per heavy atom. The molecule has 0 spiro atoms. The number of nitrogens with one attached hydrogen (secondary N) is 3. The number of amides is 2. The van der Waals surface area contributed by atoms with Crippen molar-refractivity contribution in [3.63, 3.8) is 0 Å². The molecule has 37 heavy (non-hydrogen) atoms. The molecule has 0 unspecified atom stereocenters. The zero-order chi connectivity index (χ0) is 26.1. The van der Waals surface area contributed by atoms with Crippen LogP contribution < -0.4 is 10.6 Å². The summed E-state index contributed by atoms with van der Waals surface area (Å²) in [6.07, 6.45) is 8.55. The minimum atomic E-state index is -0.586. The fraction of sp³-hybridized carbons (Fsp3) is 0.517. The number of aromatic nitrogens is 4. The van der Waals surface area contributed by atoms with Gasteiger partial charge in [-0.1, -0.05) is 50.7 Å². The van der Waals surface area contributed by atoms with Crippen LogP contribution in [0.2, 0.25) is 0 Å². The molecule has 2 aliphatic rings. The molecule has 0 aliphatic heterocycles. The minimum absolute atomic E-state index is 0.0538. The van der Waals surface area contributed by atoms with Gasteiger partial charge in [-0.05, 0) is 69.2 Å². The van der Waals surface area contributed by atoms with Crippen molar-refractivity contribution in [3.05, 3.63) is 53.6 Å². The van der Waals surface area contributed by atoms with E-state index in [0.717, 1.165) is 53.9 Å². The molecule has 2 heterocycles. The number of benzene rings is 1. The highest BCUT2D eigenvalue weighted by Crippen LogP contribution is 2.46. The van der Waals surface area contributed by atoms with Crippen LogP contribution in [0.5, 0.6) is 0 Å². The maximum Gasteiger partial charge on any atom is 0.270 e. The molecule has 2 amide bonds. The van der Waals surface area contributed by atoms with Crippen LogP contribution in [0.25, 0.3) is 11.1 Å².